The number of benzene rings is 1. The molecule has 2 N–H and O–H groups in total. The number of carbonyl (C=O) groups excluding carboxylic acids is 1. The van der Waals surface area contributed by atoms with Crippen LogP contribution in [0.1, 0.15) is 13.3 Å². The van der Waals surface area contributed by atoms with Gasteiger partial charge in [0.1, 0.15) is 6.54 Å². The van der Waals surface area contributed by atoms with E-state index in [1.54, 1.807) is 10.9 Å². The molecule has 0 radical (unpaired) electrons. The molecule has 2 rings (SSSR count). The SMILES string of the molecule is CC[C@H](CO)NC(=O)Cn1cnc2ccccc21. The lowest BCUT2D eigenvalue weighted by Crippen LogP contribution is -2.38. The zero-order chi connectivity index (χ0) is 13.0. The summed E-state index contributed by atoms with van der Waals surface area (Å²) in [5.74, 6) is -0.112. The highest BCUT2D eigenvalue weighted by atomic mass is 16.3. The number of amides is 1. The molecule has 1 atom stereocenters. The number of imidazole rings is 1. The van der Waals surface area contributed by atoms with Crippen molar-refractivity contribution in [3.8, 4) is 0 Å². The molecule has 0 saturated carbocycles. The zero-order valence-corrected chi connectivity index (χ0v) is 10.3. The molecule has 18 heavy (non-hydrogen) atoms. The van der Waals surface area contributed by atoms with E-state index in [-0.39, 0.29) is 25.1 Å². The summed E-state index contributed by atoms with van der Waals surface area (Å²) in [5.41, 5.74) is 1.81. The minimum atomic E-state index is -0.174. The fourth-order valence-corrected chi connectivity index (χ4v) is 1.84. The van der Waals surface area contributed by atoms with Crippen LogP contribution in [0.3, 0.4) is 0 Å². The third kappa shape index (κ3) is 2.68. The highest BCUT2D eigenvalue weighted by molar-refractivity contribution is 5.80. The molecule has 0 aliphatic heterocycles. The lowest BCUT2D eigenvalue weighted by molar-refractivity contribution is -0.122. The van der Waals surface area contributed by atoms with Gasteiger partial charge in [-0.2, -0.15) is 0 Å². The van der Waals surface area contributed by atoms with Gasteiger partial charge in [-0.25, -0.2) is 4.98 Å². The van der Waals surface area contributed by atoms with Gasteiger partial charge in [-0.3, -0.25) is 4.79 Å². The Hall–Kier alpha value is -1.88. The van der Waals surface area contributed by atoms with E-state index in [1.807, 2.05) is 31.2 Å². The molecular weight excluding hydrogens is 230 g/mol. The first-order valence-corrected chi connectivity index (χ1v) is 6.04. The van der Waals surface area contributed by atoms with Crippen LogP contribution in [0.25, 0.3) is 11.0 Å². The number of hydrogen-bond acceptors (Lipinski definition) is 3. The summed E-state index contributed by atoms with van der Waals surface area (Å²) in [6, 6.07) is 7.50. The topological polar surface area (TPSA) is 67.2 Å². The summed E-state index contributed by atoms with van der Waals surface area (Å²) >= 11 is 0. The van der Waals surface area contributed by atoms with Crippen molar-refractivity contribution in [3.05, 3.63) is 30.6 Å². The summed E-state index contributed by atoms with van der Waals surface area (Å²) in [7, 11) is 0. The average Bonchev–Trinajstić information content (AvgIpc) is 2.79. The van der Waals surface area contributed by atoms with Gasteiger partial charge in [-0.05, 0) is 18.6 Å². The number of nitrogens with zero attached hydrogens (tertiary/aromatic N) is 2. The van der Waals surface area contributed by atoms with E-state index in [4.69, 9.17) is 5.11 Å². The smallest absolute Gasteiger partial charge is 0.240 e. The molecule has 5 nitrogen and oxygen atoms in total. The molecule has 5 heteroatoms. The maximum absolute atomic E-state index is 11.8. The maximum atomic E-state index is 11.8. The van der Waals surface area contributed by atoms with Crippen molar-refractivity contribution in [1.82, 2.24) is 14.9 Å². The molecule has 0 bridgehead atoms. The van der Waals surface area contributed by atoms with Crippen LogP contribution in [0.2, 0.25) is 0 Å². The van der Waals surface area contributed by atoms with E-state index >= 15 is 0 Å². The zero-order valence-electron chi connectivity index (χ0n) is 10.3. The second-order valence-corrected chi connectivity index (χ2v) is 4.22. The first-order valence-electron chi connectivity index (χ1n) is 6.04. The number of aliphatic hydroxyl groups excluding tert-OH is 1. The standard InChI is InChI=1S/C13H17N3O2/c1-2-10(8-17)15-13(18)7-16-9-14-11-5-3-4-6-12(11)16/h3-6,9-10,17H,2,7-8H2,1H3,(H,15,18)/t10-/m1/s1. The van der Waals surface area contributed by atoms with E-state index in [1.165, 1.54) is 0 Å². The van der Waals surface area contributed by atoms with E-state index in [9.17, 15) is 4.79 Å². The highest BCUT2D eigenvalue weighted by Crippen LogP contribution is 2.11. The average molecular weight is 247 g/mol. The molecule has 0 aliphatic carbocycles. The molecule has 0 unspecified atom stereocenters. The third-order valence-electron chi connectivity index (χ3n) is 2.92. The minimum Gasteiger partial charge on any atom is -0.394 e. The van der Waals surface area contributed by atoms with Gasteiger partial charge in [0, 0.05) is 0 Å². The van der Waals surface area contributed by atoms with Crippen LogP contribution in [0, 0.1) is 0 Å². The molecule has 0 aliphatic rings. The number of aromatic nitrogens is 2. The lowest BCUT2D eigenvalue weighted by atomic mass is 10.2. The molecule has 0 spiro atoms. The lowest BCUT2D eigenvalue weighted by Gasteiger charge is -2.14. The Labute approximate surface area is 105 Å². The van der Waals surface area contributed by atoms with Crippen LogP contribution >= 0.6 is 0 Å². The molecule has 0 fully saturated rings. The maximum Gasteiger partial charge on any atom is 0.240 e. The number of carbonyl (C=O) groups is 1. The second-order valence-electron chi connectivity index (χ2n) is 4.22. The summed E-state index contributed by atoms with van der Waals surface area (Å²) < 4.78 is 1.80. The molecule has 96 valence electrons. The first-order chi connectivity index (χ1) is 8.74. The van der Waals surface area contributed by atoms with Crippen LogP contribution in [0.5, 0.6) is 0 Å². The van der Waals surface area contributed by atoms with Crippen molar-refractivity contribution < 1.29 is 9.90 Å². The van der Waals surface area contributed by atoms with Gasteiger partial charge in [0.25, 0.3) is 0 Å². The highest BCUT2D eigenvalue weighted by Gasteiger charge is 2.10. The Morgan fingerprint density at radius 1 is 1.50 bits per heavy atom. The van der Waals surface area contributed by atoms with Crippen molar-refractivity contribution in [2.75, 3.05) is 6.61 Å². The van der Waals surface area contributed by atoms with E-state index < -0.39 is 0 Å². The van der Waals surface area contributed by atoms with Crippen LogP contribution in [-0.4, -0.2) is 33.2 Å². The van der Waals surface area contributed by atoms with E-state index in [0.29, 0.717) is 6.42 Å². The fourth-order valence-electron chi connectivity index (χ4n) is 1.84. The van der Waals surface area contributed by atoms with Gasteiger partial charge < -0.3 is 15.0 Å². The Kier molecular flexibility index (Phi) is 3.94. The van der Waals surface area contributed by atoms with Crippen molar-refractivity contribution in [3.63, 3.8) is 0 Å². The number of para-hydroxylation sites is 2. The summed E-state index contributed by atoms with van der Waals surface area (Å²) in [6.07, 6.45) is 2.37. The Bertz CT molecular complexity index is 532. The van der Waals surface area contributed by atoms with Crippen molar-refractivity contribution in [2.24, 2.45) is 0 Å². The monoisotopic (exact) mass is 247 g/mol. The number of fused-ring (bicyclic) bond motifs is 1. The normalized spacial score (nSPS) is 12.6. The molecule has 1 amide bonds. The fraction of sp³-hybridized carbons (Fsp3) is 0.385. The van der Waals surface area contributed by atoms with Crippen LogP contribution in [0.4, 0.5) is 0 Å². The molecule has 1 aromatic carbocycles. The summed E-state index contributed by atoms with van der Waals surface area (Å²) in [5, 5.41) is 11.8. The third-order valence-corrected chi connectivity index (χ3v) is 2.92. The van der Waals surface area contributed by atoms with Gasteiger partial charge in [0.15, 0.2) is 0 Å². The second kappa shape index (κ2) is 5.64. The van der Waals surface area contributed by atoms with Gasteiger partial charge in [0.2, 0.25) is 5.91 Å². The number of aliphatic hydroxyl groups is 1. The Balaban J connectivity index is 2.07. The first kappa shape index (κ1) is 12.6. The Morgan fingerprint density at radius 3 is 3.00 bits per heavy atom. The quantitative estimate of drug-likeness (QED) is 0.825. The largest absolute Gasteiger partial charge is 0.394 e. The summed E-state index contributed by atoms with van der Waals surface area (Å²) in [4.78, 5) is 16.0. The molecule has 2 aromatic rings. The molecule has 1 aromatic heterocycles. The van der Waals surface area contributed by atoms with Gasteiger partial charge in [0.05, 0.1) is 30.0 Å². The molecular formula is C13H17N3O2. The van der Waals surface area contributed by atoms with Crippen LogP contribution in [-0.2, 0) is 11.3 Å². The van der Waals surface area contributed by atoms with Crippen molar-refractivity contribution >= 4 is 16.9 Å². The number of rotatable bonds is 5. The van der Waals surface area contributed by atoms with Gasteiger partial charge in [-0.1, -0.05) is 19.1 Å². The van der Waals surface area contributed by atoms with Crippen LogP contribution < -0.4 is 5.32 Å². The molecule has 0 saturated heterocycles. The number of nitrogens with one attached hydrogen (secondary N) is 1. The van der Waals surface area contributed by atoms with Gasteiger partial charge in [-0.15, -0.1) is 0 Å². The van der Waals surface area contributed by atoms with Crippen LogP contribution in [0.15, 0.2) is 30.6 Å². The van der Waals surface area contributed by atoms with Gasteiger partial charge >= 0.3 is 0 Å². The van der Waals surface area contributed by atoms with E-state index in [0.717, 1.165) is 11.0 Å². The summed E-state index contributed by atoms with van der Waals surface area (Å²) in [6.45, 7) is 2.11. The Morgan fingerprint density at radius 2 is 2.28 bits per heavy atom. The van der Waals surface area contributed by atoms with Crippen molar-refractivity contribution in [2.45, 2.75) is 25.9 Å². The minimum absolute atomic E-state index is 0.0348. The predicted octanol–water partition coefficient (Wildman–Crippen LogP) is 0.923. The molecule has 1 heterocycles. The number of hydrogen-bond donors (Lipinski definition) is 2. The predicted molar refractivity (Wildman–Crippen MR) is 69.0 cm³/mol. The van der Waals surface area contributed by atoms with Crippen molar-refractivity contribution in [1.29, 1.82) is 0 Å². The van der Waals surface area contributed by atoms with E-state index in [2.05, 4.69) is 10.3 Å².